The highest BCUT2D eigenvalue weighted by atomic mass is 35.5. The Morgan fingerprint density at radius 2 is 1.84 bits per heavy atom. The fraction of sp³-hybridized carbons (Fsp3) is 0.0625. The summed E-state index contributed by atoms with van der Waals surface area (Å²) in [6.07, 6.45) is 1.14. The van der Waals surface area contributed by atoms with Crippen LogP contribution in [0.4, 0.5) is 0 Å². The third-order valence-electron chi connectivity index (χ3n) is 3.47. The van der Waals surface area contributed by atoms with Crippen LogP contribution in [0.1, 0.15) is 0 Å². The monoisotopic (exact) mass is 378 g/mol. The van der Waals surface area contributed by atoms with Gasteiger partial charge < -0.3 is 0 Å². The van der Waals surface area contributed by atoms with Crippen molar-refractivity contribution in [2.24, 2.45) is 0 Å². The molecule has 0 atom stereocenters. The molecule has 0 bridgehead atoms. The molecule has 0 spiro atoms. The van der Waals surface area contributed by atoms with E-state index in [-0.39, 0.29) is 4.90 Å². The topological polar surface area (TPSA) is 103 Å². The lowest BCUT2D eigenvalue weighted by molar-refractivity contribution is -0.371. The maximum Gasteiger partial charge on any atom is 0.418 e. The Hall–Kier alpha value is -2.71. The van der Waals surface area contributed by atoms with Gasteiger partial charge in [-0.1, -0.05) is 23.7 Å². The molecule has 9 heteroatoms. The predicted molar refractivity (Wildman–Crippen MR) is 93.5 cm³/mol. The average molecular weight is 379 g/mol. The summed E-state index contributed by atoms with van der Waals surface area (Å²) in [5.41, 5.74) is 0.724. The quantitative estimate of drug-likeness (QED) is 0.490. The summed E-state index contributed by atoms with van der Waals surface area (Å²) < 4.78 is 25.6. The molecular formula is C16H13ClN3O4S+. The fourth-order valence-corrected chi connectivity index (χ4v) is 3.55. The summed E-state index contributed by atoms with van der Waals surface area (Å²) in [7, 11) is -3.81. The molecule has 2 N–H and O–H groups in total. The van der Waals surface area contributed by atoms with Crippen LogP contribution >= 0.6 is 11.6 Å². The highest BCUT2D eigenvalue weighted by Gasteiger charge is 2.20. The number of benzene rings is 2. The van der Waals surface area contributed by atoms with Crippen molar-refractivity contribution in [3.63, 3.8) is 0 Å². The minimum atomic E-state index is -3.81. The number of aromatic nitrogens is 2. The Morgan fingerprint density at radius 1 is 1.16 bits per heavy atom. The molecular weight excluding hydrogens is 366 g/mol. The number of carbonyl (C=O) groups is 1. The zero-order valence-corrected chi connectivity index (χ0v) is 14.3. The lowest BCUT2D eigenvalue weighted by Gasteiger charge is -2.00. The zero-order valence-electron chi connectivity index (χ0n) is 12.8. The minimum absolute atomic E-state index is 0.00342. The van der Waals surface area contributed by atoms with Gasteiger partial charge in [0.15, 0.2) is 21.1 Å². The number of imidazole rings is 1. The van der Waals surface area contributed by atoms with E-state index in [4.69, 9.17) is 11.6 Å². The number of amides is 1. The number of hydrogen-bond donors (Lipinski definition) is 2. The third kappa shape index (κ3) is 3.70. The summed E-state index contributed by atoms with van der Waals surface area (Å²) in [5.74, 6) is -1.51. The van der Waals surface area contributed by atoms with Crippen LogP contribution in [-0.2, 0) is 14.6 Å². The first kappa shape index (κ1) is 17.1. The van der Waals surface area contributed by atoms with E-state index in [9.17, 15) is 18.0 Å². The number of aromatic amines is 1. The van der Waals surface area contributed by atoms with Gasteiger partial charge in [0.25, 0.3) is 6.34 Å². The zero-order chi connectivity index (χ0) is 18.0. The van der Waals surface area contributed by atoms with Crippen LogP contribution in [-0.4, -0.2) is 36.0 Å². The molecule has 3 aromatic rings. The molecule has 0 saturated heterocycles. The molecule has 0 aliphatic rings. The molecule has 2 aromatic carbocycles. The van der Waals surface area contributed by atoms with Crippen molar-refractivity contribution in [1.82, 2.24) is 9.55 Å². The summed E-state index contributed by atoms with van der Waals surface area (Å²) in [4.78, 5) is 28.8. The second-order valence-corrected chi connectivity index (χ2v) is 7.65. The summed E-state index contributed by atoms with van der Waals surface area (Å²) in [5, 5.41) is 0.399. The van der Waals surface area contributed by atoms with Crippen molar-refractivity contribution in [2.75, 3.05) is 5.75 Å². The largest absolute Gasteiger partial charge is 0.418 e. The molecule has 0 saturated carbocycles. The van der Waals surface area contributed by atoms with Gasteiger partial charge in [0.2, 0.25) is 0 Å². The van der Waals surface area contributed by atoms with Gasteiger partial charge in [-0.15, -0.1) is 4.57 Å². The molecule has 0 unspecified atom stereocenters. The van der Waals surface area contributed by atoms with Gasteiger partial charge in [0.1, 0.15) is 0 Å². The molecule has 7 nitrogen and oxygen atoms in total. The molecule has 1 aromatic heterocycles. The average Bonchev–Trinajstić information content (AvgIpc) is 2.88. The Morgan fingerprint density at radius 3 is 2.56 bits per heavy atom. The third-order valence-corrected chi connectivity index (χ3v) is 5.36. The van der Waals surface area contributed by atoms with E-state index in [1.54, 1.807) is 24.3 Å². The minimum Gasteiger partial charge on any atom is -0.283 e. The second-order valence-electron chi connectivity index (χ2n) is 5.23. The number of sulfone groups is 1. The van der Waals surface area contributed by atoms with Gasteiger partial charge in [0, 0.05) is 5.02 Å². The van der Waals surface area contributed by atoms with Crippen molar-refractivity contribution < 1.29 is 18.2 Å². The first-order chi connectivity index (χ1) is 11.9. The molecule has 0 radical (unpaired) electrons. The summed E-state index contributed by atoms with van der Waals surface area (Å²) in [6, 6.07) is 12.5. The lowest BCUT2D eigenvalue weighted by atomic mass is 10.3. The number of halogens is 1. The number of hydrogen-bond acceptors (Lipinski definition) is 4. The highest BCUT2D eigenvalue weighted by Crippen LogP contribution is 2.15. The normalized spacial score (nSPS) is 12.0. The number of nitrogens with one attached hydrogen (secondary N) is 2. The van der Waals surface area contributed by atoms with Gasteiger partial charge in [-0.25, -0.2) is 23.0 Å². The van der Waals surface area contributed by atoms with Crippen LogP contribution in [0, 0.1) is 0 Å². The number of fused-ring (bicyclic) bond motifs is 1. The molecule has 0 aliphatic carbocycles. The van der Waals surface area contributed by atoms with Crippen molar-refractivity contribution >= 4 is 44.7 Å². The van der Waals surface area contributed by atoms with Crippen molar-refractivity contribution in [3.8, 4) is 0 Å². The lowest BCUT2D eigenvalue weighted by Crippen LogP contribution is -2.76. The number of nitrogens with zero attached hydrogens (tertiary/aromatic N) is 1. The Balaban J connectivity index is 1.82. The van der Waals surface area contributed by atoms with Crippen LogP contribution in [0.15, 0.2) is 58.2 Å². The Labute approximate surface area is 147 Å². The molecule has 128 valence electrons. The highest BCUT2D eigenvalue weighted by molar-refractivity contribution is 7.92. The molecule has 1 amide bonds. The van der Waals surface area contributed by atoms with Gasteiger partial charge in [-0.3, -0.25) is 4.98 Å². The van der Waals surface area contributed by atoms with Crippen molar-refractivity contribution in [2.45, 2.75) is 4.90 Å². The van der Waals surface area contributed by atoms with Crippen molar-refractivity contribution in [1.29, 1.82) is 0 Å². The van der Waals surface area contributed by atoms with Crippen LogP contribution in [0.2, 0.25) is 5.02 Å². The van der Waals surface area contributed by atoms with Crippen LogP contribution in [0.5, 0.6) is 0 Å². The van der Waals surface area contributed by atoms with E-state index < -0.39 is 27.2 Å². The predicted octanol–water partition coefficient (Wildman–Crippen LogP) is -0.0595. The smallest absolute Gasteiger partial charge is 0.283 e. The van der Waals surface area contributed by atoms with Crippen LogP contribution in [0.3, 0.4) is 0 Å². The second kappa shape index (κ2) is 6.66. The number of para-hydroxylation sites is 2. The van der Waals surface area contributed by atoms with E-state index >= 15 is 0 Å². The number of carbonyl (C=O) groups excluding carboxylic acids is 1. The van der Waals surface area contributed by atoms with Crippen molar-refractivity contribution in [3.05, 3.63) is 64.0 Å². The van der Waals surface area contributed by atoms with E-state index in [1.165, 1.54) is 28.8 Å². The van der Waals surface area contributed by atoms with Gasteiger partial charge in [-0.05, 0) is 36.4 Å². The van der Waals surface area contributed by atoms with E-state index in [0.717, 1.165) is 6.34 Å². The first-order valence-electron chi connectivity index (χ1n) is 7.17. The first-order valence-corrected chi connectivity index (χ1v) is 9.20. The Bertz CT molecular complexity index is 1130. The molecule has 0 aliphatic heterocycles. The number of rotatable bonds is 4. The maximum absolute atomic E-state index is 12.2. The molecule has 0 fully saturated rings. The Kier molecular flexibility index (Phi) is 4.56. The SMILES string of the molecule is O=C(CS(=O)(=O)c1ccc(Cl)cc1)[NH+]=Cn1c(=O)[nH]c2ccccc21. The maximum atomic E-state index is 12.2. The molecule has 25 heavy (non-hydrogen) atoms. The van der Waals surface area contributed by atoms with E-state index in [1.807, 2.05) is 0 Å². The van der Waals surface area contributed by atoms with E-state index in [0.29, 0.717) is 16.1 Å². The van der Waals surface area contributed by atoms with E-state index in [2.05, 4.69) is 9.98 Å². The summed E-state index contributed by atoms with van der Waals surface area (Å²) >= 11 is 5.72. The van der Waals surface area contributed by atoms with Gasteiger partial charge in [-0.2, -0.15) is 0 Å². The molecule has 3 rings (SSSR count). The van der Waals surface area contributed by atoms with Crippen LogP contribution < -0.4 is 10.7 Å². The van der Waals surface area contributed by atoms with Gasteiger partial charge >= 0.3 is 11.6 Å². The fourth-order valence-electron chi connectivity index (χ4n) is 2.28. The summed E-state index contributed by atoms with van der Waals surface area (Å²) in [6.45, 7) is 0. The van der Waals surface area contributed by atoms with Gasteiger partial charge in [0.05, 0.1) is 10.4 Å². The molecule has 1 heterocycles. The number of H-pyrrole nitrogens is 1. The standard InChI is InChI=1S/C16H12ClN3O4S/c17-11-5-7-12(8-6-11)25(23,24)9-15(21)18-10-20-14-4-2-1-3-13(14)19-16(20)22/h1-8,10H,9H2,(H,19,22)/p+1. The van der Waals surface area contributed by atoms with Crippen LogP contribution in [0.25, 0.3) is 11.0 Å².